The Balaban J connectivity index is 1.72. The average molecular weight is 528 g/mol. The number of amides is 2. The number of likely N-dealkylation sites (N-methyl/N-ethyl adjacent to an activating group) is 1. The first kappa shape index (κ1) is 29.1. The Hall–Kier alpha value is -1.44. The molecule has 1 heterocycles. The van der Waals surface area contributed by atoms with Gasteiger partial charge in [-0.25, -0.2) is 13.6 Å². The van der Waals surface area contributed by atoms with Crippen LogP contribution in [-0.2, 0) is 10.4 Å². The number of hydrogen-bond acceptors (Lipinski definition) is 3. The van der Waals surface area contributed by atoms with Crippen LogP contribution < -0.4 is 10.6 Å². The number of rotatable bonds is 12. The Morgan fingerprint density at radius 2 is 2.00 bits per heavy atom. The van der Waals surface area contributed by atoms with Crippen LogP contribution in [0.1, 0.15) is 76.2 Å². The maximum Gasteiger partial charge on any atom is 0.317 e. The minimum atomic E-state index is -1.91. The van der Waals surface area contributed by atoms with Gasteiger partial charge >= 0.3 is 6.03 Å². The molecule has 2 fully saturated rings. The lowest BCUT2D eigenvalue weighted by Crippen LogP contribution is -2.53. The van der Waals surface area contributed by atoms with Gasteiger partial charge in [0.1, 0.15) is 11.5 Å². The van der Waals surface area contributed by atoms with E-state index in [-0.39, 0.29) is 35.6 Å². The van der Waals surface area contributed by atoms with Crippen LogP contribution in [0.3, 0.4) is 0 Å². The van der Waals surface area contributed by atoms with E-state index in [0.29, 0.717) is 51.3 Å². The molecule has 2 N–H and O–H groups in total. The minimum Gasteiger partial charge on any atom is -0.385 e. The summed E-state index contributed by atoms with van der Waals surface area (Å²) in [7, 11) is 3.52. The number of alkyl halides is 1. The monoisotopic (exact) mass is 527 g/mol. The summed E-state index contributed by atoms with van der Waals surface area (Å²) in [6.07, 6.45) is 9.94. The lowest BCUT2D eigenvalue weighted by molar-refractivity contribution is 0.0180. The second kappa shape index (κ2) is 14.5. The van der Waals surface area contributed by atoms with Crippen molar-refractivity contribution in [1.82, 2.24) is 15.5 Å². The van der Waals surface area contributed by atoms with E-state index in [0.717, 1.165) is 6.42 Å². The number of carbonyl (C=O) groups excluding carboxylic acids is 1. The highest BCUT2D eigenvalue weighted by Crippen LogP contribution is 2.45. The number of methoxy groups -OCH3 is 1. The van der Waals surface area contributed by atoms with Crippen molar-refractivity contribution in [3.63, 3.8) is 0 Å². The molecule has 1 aliphatic heterocycles. The highest BCUT2D eigenvalue weighted by Gasteiger charge is 2.45. The van der Waals surface area contributed by atoms with E-state index in [9.17, 15) is 4.79 Å². The predicted molar refractivity (Wildman–Crippen MR) is 142 cm³/mol. The lowest BCUT2D eigenvalue weighted by atomic mass is 9.75. The molecule has 5 nitrogen and oxygen atoms in total. The highest BCUT2D eigenvalue weighted by atomic mass is 35.5. The first-order valence-corrected chi connectivity index (χ1v) is 14.1. The summed E-state index contributed by atoms with van der Waals surface area (Å²) in [5.74, 6) is -0.562. The number of hydrogen-bond donors (Lipinski definition) is 2. The summed E-state index contributed by atoms with van der Waals surface area (Å²) < 4.78 is 37.1. The SMILES string of the molecule is CNCC(CC1CCCCC1)NC(=O)N1CCC[C@@H](C(F)(CCCCOC)c2cccc(Cl)c2F)C1. The van der Waals surface area contributed by atoms with Gasteiger partial charge in [0.15, 0.2) is 0 Å². The van der Waals surface area contributed by atoms with Crippen LogP contribution >= 0.6 is 11.6 Å². The molecular formula is C28H44ClF2N3O2. The fourth-order valence-corrected chi connectivity index (χ4v) is 6.25. The van der Waals surface area contributed by atoms with E-state index in [1.54, 1.807) is 18.1 Å². The smallest absolute Gasteiger partial charge is 0.317 e. The molecule has 2 unspecified atom stereocenters. The third kappa shape index (κ3) is 7.78. The topological polar surface area (TPSA) is 53.6 Å². The van der Waals surface area contributed by atoms with Crippen LogP contribution in [0.15, 0.2) is 18.2 Å². The number of likely N-dealkylation sites (tertiary alicyclic amines) is 1. The summed E-state index contributed by atoms with van der Waals surface area (Å²) in [5, 5.41) is 6.35. The molecule has 1 aromatic rings. The average Bonchev–Trinajstić information content (AvgIpc) is 2.89. The zero-order chi connectivity index (χ0) is 26.0. The van der Waals surface area contributed by atoms with Gasteiger partial charge in [-0.15, -0.1) is 0 Å². The fourth-order valence-electron chi connectivity index (χ4n) is 6.08. The van der Waals surface area contributed by atoms with Gasteiger partial charge < -0.3 is 20.3 Å². The van der Waals surface area contributed by atoms with Crippen molar-refractivity contribution in [2.45, 2.75) is 82.3 Å². The van der Waals surface area contributed by atoms with Gasteiger partial charge in [0.2, 0.25) is 0 Å². The van der Waals surface area contributed by atoms with Crippen molar-refractivity contribution in [3.8, 4) is 0 Å². The number of benzene rings is 1. The number of piperidine rings is 1. The van der Waals surface area contributed by atoms with Gasteiger partial charge in [0.05, 0.1) is 5.02 Å². The van der Waals surface area contributed by atoms with Crippen LogP contribution in [0.25, 0.3) is 0 Å². The van der Waals surface area contributed by atoms with Crippen molar-refractivity contribution in [3.05, 3.63) is 34.6 Å². The van der Waals surface area contributed by atoms with Crippen LogP contribution in [0.5, 0.6) is 0 Å². The van der Waals surface area contributed by atoms with Gasteiger partial charge in [0.25, 0.3) is 0 Å². The number of nitrogens with zero attached hydrogens (tertiary/aromatic N) is 1. The Labute approximate surface area is 220 Å². The standard InChI is InChI=1S/C28H44ClF2N3O2/c1-32-19-23(18-21-10-4-3-5-11-21)33-27(35)34-16-9-12-22(20-34)28(31,15-6-7-17-36-2)24-13-8-14-25(29)26(24)30/h8,13-14,21-23,32H,3-7,9-12,15-20H2,1-2H3,(H,33,35)/t22-,23?,28?/m1/s1. The zero-order valence-corrected chi connectivity index (χ0v) is 22.7. The predicted octanol–water partition coefficient (Wildman–Crippen LogP) is 6.44. The Morgan fingerprint density at radius 3 is 2.72 bits per heavy atom. The van der Waals surface area contributed by atoms with Gasteiger partial charge in [-0.1, -0.05) is 55.8 Å². The minimum absolute atomic E-state index is 0.00466. The van der Waals surface area contributed by atoms with Crippen molar-refractivity contribution >= 4 is 17.6 Å². The molecule has 0 radical (unpaired) electrons. The van der Waals surface area contributed by atoms with Gasteiger partial charge in [-0.05, 0) is 57.6 Å². The quantitative estimate of drug-likeness (QED) is 0.307. The Kier molecular flexibility index (Phi) is 11.7. The molecule has 0 aromatic heterocycles. The van der Waals surface area contributed by atoms with Crippen molar-refractivity contribution in [2.24, 2.45) is 11.8 Å². The second-order valence-corrected chi connectivity index (χ2v) is 11.0. The largest absolute Gasteiger partial charge is 0.385 e. The van der Waals surface area contributed by atoms with Crippen molar-refractivity contribution in [2.75, 3.05) is 40.4 Å². The molecular weight excluding hydrogens is 484 g/mol. The van der Waals surface area contributed by atoms with Crippen LogP contribution in [0.2, 0.25) is 5.02 Å². The molecule has 1 saturated carbocycles. The molecule has 2 amide bonds. The third-order valence-electron chi connectivity index (χ3n) is 8.01. The van der Waals surface area contributed by atoms with Gasteiger partial charge in [-0.2, -0.15) is 0 Å². The molecule has 2 aliphatic rings. The first-order chi connectivity index (χ1) is 17.4. The second-order valence-electron chi connectivity index (χ2n) is 10.6. The molecule has 1 aliphatic carbocycles. The molecule has 0 spiro atoms. The normalized spacial score (nSPS) is 21.7. The number of halogens is 3. The zero-order valence-electron chi connectivity index (χ0n) is 22.0. The summed E-state index contributed by atoms with van der Waals surface area (Å²) >= 11 is 6.05. The van der Waals surface area contributed by atoms with E-state index >= 15 is 8.78 Å². The highest BCUT2D eigenvalue weighted by molar-refractivity contribution is 6.30. The Bertz CT molecular complexity index is 824. The number of carbonyl (C=O) groups is 1. The number of nitrogens with one attached hydrogen (secondary N) is 2. The van der Waals surface area contributed by atoms with Crippen molar-refractivity contribution in [1.29, 1.82) is 0 Å². The first-order valence-electron chi connectivity index (χ1n) is 13.7. The third-order valence-corrected chi connectivity index (χ3v) is 8.31. The molecule has 8 heteroatoms. The summed E-state index contributed by atoms with van der Waals surface area (Å²) in [5.41, 5.74) is -1.90. The van der Waals surface area contributed by atoms with Crippen LogP contribution in [-0.4, -0.2) is 57.4 Å². The van der Waals surface area contributed by atoms with Crippen molar-refractivity contribution < 1.29 is 18.3 Å². The maximum absolute atomic E-state index is 16.9. The molecule has 0 bridgehead atoms. The molecule has 1 saturated heterocycles. The number of ether oxygens (including phenoxy) is 1. The van der Waals surface area contributed by atoms with Gasteiger partial charge in [-0.3, -0.25) is 0 Å². The van der Waals surface area contributed by atoms with E-state index in [1.165, 1.54) is 44.2 Å². The van der Waals surface area contributed by atoms with Crippen LogP contribution in [0, 0.1) is 17.7 Å². The molecule has 1 aromatic carbocycles. The summed E-state index contributed by atoms with van der Waals surface area (Å²) in [6, 6.07) is 4.44. The van der Waals surface area contributed by atoms with Crippen LogP contribution in [0.4, 0.5) is 13.6 Å². The number of unbranched alkanes of at least 4 members (excludes halogenated alkanes) is 1. The Morgan fingerprint density at radius 1 is 1.22 bits per heavy atom. The molecule has 36 heavy (non-hydrogen) atoms. The molecule has 3 rings (SSSR count). The van der Waals surface area contributed by atoms with Gasteiger partial charge in [0, 0.05) is 50.9 Å². The van der Waals surface area contributed by atoms with E-state index in [1.807, 2.05) is 7.05 Å². The summed E-state index contributed by atoms with van der Waals surface area (Å²) in [6.45, 7) is 2.07. The molecule has 3 atom stereocenters. The maximum atomic E-state index is 16.9. The van der Waals surface area contributed by atoms with E-state index < -0.39 is 17.4 Å². The lowest BCUT2D eigenvalue weighted by Gasteiger charge is -2.41. The summed E-state index contributed by atoms with van der Waals surface area (Å²) in [4.78, 5) is 15.0. The number of urea groups is 1. The van der Waals surface area contributed by atoms with E-state index in [4.69, 9.17) is 16.3 Å². The molecule has 204 valence electrons. The fraction of sp³-hybridized carbons (Fsp3) is 0.750. The van der Waals surface area contributed by atoms with E-state index in [2.05, 4.69) is 10.6 Å².